The van der Waals surface area contributed by atoms with Gasteiger partial charge in [0.1, 0.15) is 5.75 Å². The fourth-order valence-corrected chi connectivity index (χ4v) is 4.65. The van der Waals surface area contributed by atoms with Gasteiger partial charge in [-0.05, 0) is 42.7 Å². The molecule has 0 N–H and O–H groups in total. The molecule has 32 heavy (non-hydrogen) atoms. The molecule has 0 radical (unpaired) electrons. The number of amides is 2. The molecule has 0 saturated carbocycles. The van der Waals surface area contributed by atoms with Gasteiger partial charge in [-0.3, -0.25) is 19.5 Å². The molecule has 8 heteroatoms. The van der Waals surface area contributed by atoms with Crippen molar-refractivity contribution in [3.8, 4) is 5.75 Å². The second-order valence-electron chi connectivity index (χ2n) is 8.37. The zero-order chi connectivity index (χ0) is 22.5. The van der Waals surface area contributed by atoms with Gasteiger partial charge in [0, 0.05) is 69.1 Å². The van der Waals surface area contributed by atoms with Crippen molar-refractivity contribution in [2.45, 2.75) is 19.4 Å². The zero-order valence-corrected chi connectivity index (χ0v) is 19.1. The van der Waals surface area contributed by atoms with E-state index < -0.39 is 0 Å². The Kier molecular flexibility index (Phi) is 7.27. The summed E-state index contributed by atoms with van der Waals surface area (Å²) in [5.41, 5.74) is 1.66. The Balaban J connectivity index is 1.27. The normalized spacial score (nSPS) is 17.9. The summed E-state index contributed by atoms with van der Waals surface area (Å²) in [5, 5.41) is 0.502. The number of halogens is 1. The van der Waals surface area contributed by atoms with Crippen LogP contribution in [0.15, 0.2) is 42.7 Å². The van der Waals surface area contributed by atoms with Crippen LogP contribution in [0.25, 0.3) is 0 Å². The van der Waals surface area contributed by atoms with E-state index in [0.29, 0.717) is 42.3 Å². The molecule has 2 amide bonds. The van der Waals surface area contributed by atoms with Crippen LogP contribution in [0.3, 0.4) is 0 Å². The van der Waals surface area contributed by atoms with E-state index in [0.717, 1.165) is 32.7 Å². The molecule has 3 heterocycles. The van der Waals surface area contributed by atoms with Crippen molar-refractivity contribution in [1.82, 2.24) is 19.7 Å². The summed E-state index contributed by atoms with van der Waals surface area (Å²) in [6.45, 7) is 5.22. The van der Waals surface area contributed by atoms with Crippen molar-refractivity contribution in [2.75, 3.05) is 46.4 Å². The average molecular weight is 457 g/mol. The Morgan fingerprint density at radius 1 is 1.06 bits per heavy atom. The number of methoxy groups -OCH3 is 1. The fraction of sp³-hybridized carbons (Fsp3) is 0.458. The molecule has 2 aliphatic heterocycles. The minimum atomic E-state index is -0.0979. The number of rotatable bonds is 5. The molecule has 1 aromatic heterocycles. The Morgan fingerprint density at radius 2 is 1.81 bits per heavy atom. The van der Waals surface area contributed by atoms with Gasteiger partial charge in [-0.1, -0.05) is 17.7 Å². The van der Waals surface area contributed by atoms with E-state index in [1.807, 2.05) is 17.2 Å². The van der Waals surface area contributed by atoms with Crippen LogP contribution in [0.5, 0.6) is 5.75 Å². The summed E-state index contributed by atoms with van der Waals surface area (Å²) < 4.78 is 5.32. The van der Waals surface area contributed by atoms with Gasteiger partial charge in [0.2, 0.25) is 5.91 Å². The van der Waals surface area contributed by atoms with Gasteiger partial charge in [-0.2, -0.15) is 0 Å². The molecule has 1 aromatic carbocycles. The molecule has 2 aliphatic rings. The SMILES string of the molecule is COc1ccc(Cl)cc1C(=O)N1CCC(C(=O)N2CCN(Cc3cccnc3)CC2)CC1. The summed E-state index contributed by atoms with van der Waals surface area (Å²) in [7, 11) is 1.54. The van der Waals surface area contributed by atoms with E-state index in [1.54, 1.807) is 36.4 Å². The zero-order valence-electron chi connectivity index (χ0n) is 18.4. The Labute approximate surface area is 193 Å². The van der Waals surface area contributed by atoms with Gasteiger partial charge in [0.25, 0.3) is 5.91 Å². The average Bonchev–Trinajstić information content (AvgIpc) is 2.84. The number of carbonyl (C=O) groups excluding carboxylic acids is 2. The quantitative estimate of drug-likeness (QED) is 0.692. The fourth-order valence-electron chi connectivity index (χ4n) is 4.48. The summed E-state index contributed by atoms with van der Waals surface area (Å²) in [6, 6.07) is 9.09. The lowest BCUT2D eigenvalue weighted by Crippen LogP contribution is -2.51. The summed E-state index contributed by atoms with van der Waals surface area (Å²) in [5.74, 6) is 0.615. The van der Waals surface area contributed by atoms with Crippen LogP contribution in [0.2, 0.25) is 5.02 Å². The van der Waals surface area contributed by atoms with Crippen molar-refractivity contribution in [2.24, 2.45) is 5.92 Å². The third-order valence-electron chi connectivity index (χ3n) is 6.34. The van der Waals surface area contributed by atoms with E-state index >= 15 is 0 Å². The summed E-state index contributed by atoms with van der Waals surface area (Å²) in [4.78, 5) is 36.4. The maximum atomic E-state index is 13.1. The van der Waals surface area contributed by atoms with Crippen molar-refractivity contribution in [3.63, 3.8) is 0 Å². The molecule has 2 saturated heterocycles. The van der Waals surface area contributed by atoms with Crippen LogP contribution in [-0.4, -0.2) is 77.9 Å². The van der Waals surface area contributed by atoms with E-state index in [4.69, 9.17) is 16.3 Å². The highest BCUT2D eigenvalue weighted by atomic mass is 35.5. The first-order chi connectivity index (χ1) is 15.5. The van der Waals surface area contributed by atoms with Crippen LogP contribution >= 0.6 is 11.6 Å². The highest BCUT2D eigenvalue weighted by Crippen LogP contribution is 2.27. The molecular weight excluding hydrogens is 428 g/mol. The minimum absolute atomic E-state index is 0.0230. The second kappa shape index (κ2) is 10.3. The molecular formula is C24H29ClN4O3. The molecule has 4 rings (SSSR count). The van der Waals surface area contributed by atoms with Crippen LogP contribution in [0, 0.1) is 5.92 Å². The topological polar surface area (TPSA) is 66.0 Å². The third-order valence-corrected chi connectivity index (χ3v) is 6.57. The molecule has 2 fully saturated rings. The van der Waals surface area contributed by atoms with Gasteiger partial charge in [0.15, 0.2) is 0 Å². The first-order valence-electron chi connectivity index (χ1n) is 11.1. The van der Waals surface area contributed by atoms with Crippen molar-refractivity contribution in [1.29, 1.82) is 0 Å². The number of hydrogen-bond acceptors (Lipinski definition) is 5. The lowest BCUT2D eigenvalue weighted by molar-refractivity contribution is -0.138. The number of hydrogen-bond donors (Lipinski definition) is 0. The van der Waals surface area contributed by atoms with E-state index in [1.165, 1.54) is 5.56 Å². The number of pyridine rings is 1. The largest absolute Gasteiger partial charge is 0.496 e. The van der Waals surface area contributed by atoms with Gasteiger partial charge in [0.05, 0.1) is 12.7 Å². The predicted octanol–water partition coefficient (Wildman–Crippen LogP) is 2.94. The molecule has 7 nitrogen and oxygen atoms in total. The van der Waals surface area contributed by atoms with Gasteiger partial charge in [-0.25, -0.2) is 0 Å². The first kappa shape index (κ1) is 22.6. The summed E-state index contributed by atoms with van der Waals surface area (Å²) >= 11 is 6.08. The van der Waals surface area contributed by atoms with Crippen LogP contribution < -0.4 is 4.74 Å². The molecule has 0 bridgehead atoms. The molecule has 0 aliphatic carbocycles. The van der Waals surface area contributed by atoms with Gasteiger partial charge < -0.3 is 14.5 Å². The Morgan fingerprint density at radius 3 is 2.47 bits per heavy atom. The maximum absolute atomic E-state index is 13.1. The summed E-state index contributed by atoms with van der Waals surface area (Å²) in [6.07, 6.45) is 5.04. The molecule has 0 atom stereocenters. The number of piperazine rings is 1. The first-order valence-corrected chi connectivity index (χ1v) is 11.5. The van der Waals surface area contributed by atoms with E-state index in [9.17, 15) is 9.59 Å². The van der Waals surface area contributed by atoms with Crippen molar-refractivity contribution >= 4 is 23.4 Å². The number of carbonyl (C=O) groups is 2. The maximum Gasteiger partial charge on any atom is 0.257 e. The van der Waals surface area contributed by atoms with Gasteiger partial charge in [-0.15, -0.1) is 0 Å². The van der Waals surface area contributed by atoms with Gasteiger partial charge >= 0.3 is 0 Å². The molecule has 0 spiro atoms. The van der Waals surface area contributed by atoms with E-state index in [2.05, 4.69) is 16.0 Å². The van der Waals surface area contributed by atoms with Crippen LogP contribution in [-0.2, 0) is 11.3 Å². The third kappa shape index (κ3) is 5.22. The predicted molar refractivity (Wildman–Crippen MR) is 123 cm³/mol. The molecule has 170 valence electrons. The Hall–Kier alpha value is -2.64. The monoisotopic (exact) mass is 456 g/mol. The standard InChI is InChI=1S/C24H29ClN4O3/c1-32-22-5-4-20(25)15-21(22)24(31)28-9-6-19(7-10-28)23(30)29-13-11-27(12-14-29)17-18-3-2-8-26-16-18/h2-5,8,15-16,19H,6-7,9-14,17H2,1H3. The van der Waals surface area contributed by atoms with Crippen LogP contribution in [0.1, 0.15) is 28.8 Å². The number of nitrogens with zero attached hydrogens (tertiary/aromatic N) is 4. The number of likely N-dealkylation sites (tertiary alicyclic amines) is 1. The smallest absolute Gasteiger partial charge is 0.257 e. The number of aromatic nitrogens is 1. The number of benzene rings is 1. The highest BCUT2D eigenvalue weighted by Gasteiger charge is 2.32. The van der Waals surface area contributed by atoms with Crippen molar-refractivity contribution < 1.29 is 14.3 Å². The molecule has 2 aromatic rings. The minimum Gasteiger partial charge on any atom is -0.496 e. The lowest BCUT2D eigenvalue weighted by atomic mass is 9.94. The number of piperidine rings is 1. The number of ether oxygens (including phenoxy) is 1. The second-order valence-corrected chi connectivity index (χ2v) is 8.81. The lowest BCUT2D eigenvalue weighted by Gasteiger charge is -2.38. The van der Waals surface area contributed by atoms with Crippen molar-refractivity contribution in [3.05, 3.63) is 58.9 Å². The highest BCUT2D eigenvalue weighted by molar-refractivity contribution is 6.31. The van der Waals surface area contributed by atoms with E-state index in [-0.39, 0.29) is 17.7 Å². The molecule has 0 unspecified atom stereocenters. The van der Waals surface area contributed by atoms with Crippen LogP contribution in [0.4, 0.5) is 0 Å². The Bertz CT molecular complexity index is 940.